The fourth-order valence-electron chi connectivity index (χ4n) is 1.21. The molecule has 0 aliphatic heterocycles. The van der Waals surface area contributed by atoms with Crippen molar-refractivity contribution < 1.29 is 5.11 Å². The number of anilines is 1. The molecule has 18 heavy (non-hydrogen) atoms. The van der Waals surface area contributed by atoms with Crippen molar-refractivity contribution in [3.05, 3.63) is 29.0 Å². The van der Waals surface area contributed by atoms with E-state index in [-0.39, 0.29) is 22.5 Å². The fourth-order valence-corrected chi connectivity index (χ4v) is 1.59. The van der Waals surface area contributed by atoms with E-state index in [0.717, 1.165) is 0 Å². The topological polar surface area (TPSA) is 97.3 Å². The number of aromatic hydroxyl groups is 1. The molecular weight excluding hydrogens is 274 g/mol. The Morgan fingerprint density at radius 2 is 2.22 bits per heavy atom. The Morgan fingerprint density at radius 3 is 2.89 bits per heavy atom. The van der Waals surface area contributed by atoms with Crippen molar-refractivity contribution in [3.8, 4) is 5.88 Å². The van der Waals surface area contributed by atoms with Gasteiger partial charge in [0.25, 0.3) is 0 Å². The van der Waals surface area contributed by atoms with Crippen molar-refractivity contribution in [1.82, 2.24) is 15.0 Å². The molecule has 0 fully saturated rings. The van der Waals surface area contributed by atoms with E-state index in [9.17, 15) is 5.11 Å². The van der Waals surface area contributed by atoms with Gasteiger partial charge in [0.2, 0.25) is 5.88 Å². The summed E-state index contributed by atoms with van der Waals surface area (Å²) in [4.78, 5) is 15.3. The summed E-state index contributed by atoms with van der Waals surface area (Å²) in [7, 11) is 0. The van der Waals surface area contributed by atoms with E-state index >= 15 is 0 Å². The number of nitrogen functional groups attached to an aromatic ring is 1. The molecule has 0 atom stereocenters. The van der Waals surface area contributed by atoms with Crippen LogP contribution in [-0.2, 0) is 0 Å². The zero-order valence-corrected chi connectivity index (χ0v) is 10.6. The van der Waals surface area contributed by atoms with Gasteiger partial charge in [-0.25, -0.2) is 15.0 Å². The third-order valence-electron chi connectivity index (χ3n) is 1.97. The van der Waals surface area contributed by atoms with Crippen LogP contribution in [0.3, 0.4) is 0 Å². The highest BCUT2D eigenvalue weighted by atomic mass is 35.5. The van der Waals surface area contributed by atoms with Gasteiger partial charge in [-0.2, -0.15) is 4.98 Å². The first-order chi connectivity index (χ1) is 8.56. The van der Waals surface area contributed by atoms with Crippen molar-refractivity contribution in [2.75, 3.05) is 5.73 Å². The Morgan fingerprint density at radius 1 is 1.44 bits per heavy atom. The Hall–Kier alpha value is -1.86. The van der Waals surface area contributed by atoms with Crippen LogP contribution in [-0.4, -0.2) is 26.3 Å². The Kier molecular flexibility index (Phi) is 3.63. The average molecular weight is 282 g/mol. The first-order valence-corrected chi connectivity index (χ1v) is 5.60. The highest BCUT2D eigenvalue weighted by Gasteiger charge is 2.08. The molecule has 0 aliphatic carbocycles. The molecule has 2 aromatic rings. The molecule has 0 unspecified atom stereocenters. The van der Waals surface area contributed by atoms with Crippen LogP contribution in [0.5, 0.6) is 5.88 Å². The van der Waals surface area contributed by atoms with E-state index in [1.165, 1.54) is 6.21 Å². The van der Waals surface area contributed by atoms with Crippen molar-refractivity contribution in [2.45, 2.75) is 5.16 Å². The smallest absolute Gasteiger partial charge is 0.243 e. The summed E-state index contributed by atoms with van der Waals surface area (Å²) in [6, 6.07) is 3.32. The third-order valence-corrected chi connectivity index (χ3v) is 2.38. The summed E-state index contributed by atoms with van der Waals surface area (Å²) in [5.74, 6) is -0.284. The molecule has 6 nitrogen and oxygen atoms in total. The standard InChI is InChI=1S/C10H8ClN5OS/c11-6-3-5(1-2-13-6)4-14-7-8(12)15-10(18)16-9(7)17/h1-4H,(H4,12,15,16,17,18)/b14-4+. The van der Waals surface area contributed by atoms with Gasteiger partial charge in [0, 0.05) is 12.4 Å². The number of aromatic nitrogens is 3. The zero-order valence-electron chi connectivity index (χ0n) is 8.95. The second-order valence-electron chi connectivity index (χ2n) is 3.25. The first kappa shape index (κ1) is 12.6. The van der Waals surface area contributed by atoms with Crippen LogP contribution < -0.4 is 5.73 Å². The summed E-state index contributed by atoms with van der Waals surface area (Å²) in [6.07, 6.45) is 3.01. The van der Waals surface area contributed by atoms with Gasteiger partial charge in [-0.15, -0.1) is 12.6 Å². The van der Waals surface area contributed by atoms with Gasteiger partial charge in [-0.1, -0.05) is 11.6 Å². The molecule has 0 amide bonds. The number of aliphatic imine (C=N–C) groups is 1. The lowest BCUT2D eigenvalue weighted by molar-refractivity contribution is 0.448. The van der Waals surface area contributed by atoms with Gasteiger partial charge in [0.1, 0.15) is 5.15 Å². The van der Waals surface area contributed by atoms with Crippen molar-refractivity contribution in [1.29, 1.82) is 0 Å². The number of nitrogens with zero attached hydrogens (tertiary/aromatic N) is 4. The first-order valence-electron chi connectivity index (χ1n) is 4.77. The predicted molar refractivity (Wildman–Crippen MR) is 71.9 cm³/mol. The van der Waals surface area contributed by atoms with Gasteiger partial charge in [-0.05, 0) is 17.7 Å². The van der Waals surface area contributed by atoms with Crippen molar-refractivity contribution >= 4 is 41.9 Å². The maximum atomic E-state index is 9.57. The molecule has 8 heteroatoms. The van der Waals surface area contributed by atoms with Crippen LogP contribution in [0.2, 0.25) is 5.15 Å². The molecule has 2 aromatic heterocycles. The summed E-state index contributed by atoms with van der Waals surface area (Å²) in [5, 5.41) is 10.00. The second-order valence-corrected chi connectivity index (χ2v) is 4.04. The normalized spacial score (nSPS) is 11.0. The van der Waals surface area contributed by atoms with Gasteiger partial charge in [0.15, 0.2) is 16.7 Å². The quantitative estimate of drug-likeness (QED) is 0.338. The lowest BCUT2D eigenvalue weighted by Crippen LogP contribution is -1.94. The number of pyridine rings is 1. The van der Waals surface area contributed by atoms with Crippen LogP contribution in [0.25, 0.3) is 0 Å². The zero-order chi connectivity index (χ0) is 13.1. The second kappa shape index (κ2) is 5.19. The largest absolute Gasteiger partial charge is 0.492 e. The molecule has 0 spiro atoms. The number of halogens is 1. The van der Waals surface area contributed by atoms with Crippen molar-refractivity contribution in [2.24, 2.45) is 4.99 Å². The van der Waals surface area contributed by atoms with Gasteiger partial charge in [-0.3, -0.25) is 0 Å². The monoisotopic (exact) mass is 281 g/mol. The predicted octanol–water partition coefficient (Wildman–Crippen LogP) is 1.85. The molecule has 0 aliphatic rings. The summed E-state index contributed by atoms with van der Waals surface area (Å²) in [6.45, 7) is 0. The Balaban J connectivity index is 2.35. The minimum atomic E-state index is -0.330. The summed E-state index contributed by atoms with van der Waals surface area (Å²) in [5.41, 5.74) is 6.40. The molecule has 92 valence electrons. The molecule has 0 saturated heterocycles. The van der Waals surface area contributed by atoms with E-state index < -0.39 is 0 Å². The number of hydrogen-bond acceptors (Lipinski definition) is 7. The summed E-state index contributed by atoms with van der Waals surface area (Å²) >= 11 is 9.61. The Bertz CT molecular complexity index is 596. The third kappa shape index (κ3) is 2.88. The van der Waals surface area contributed by atoms with Crippen LogP contribution in [0.1, 0.15) is 5.56 Å². The minimum absolute atomic E-state index is 0.0453. The molecule has 0 aromatic carbocycles. The van der Waals surface area contributed by atoms with Crippen molar-refractivity contribution in [3.63, 3.8) is 0 Å². The lowest BCUT2D eigenvalue weighted by atomic mass is 10.3. The van der Waals surface area contributed by atoms with Crippen LogP contribution in [0, 0.1) is 0 Å². The van der Waals surface area contributed by atoms with Gasteiger partial charge in [0.05, 0.1) is 0 Å². The maximum absolute atomic E-state index is 9.57. The van der Waals surface area contributed by atoms with E-state index in [0.29, 0.717) is 10.7 Å². The van der Waals surface area contributed by atoms with E-state index in [1.54, 1.807) is 18.3 Å². The van der Waals surface area contributed by atoms with Crippen LogP contribution in [0.15, 0.2) is 28.5 Å². The van der Waals surface area contributed by atoms with Gasteiger partial charge >= 0.3 is 0 Å². The number of thiol groups is 1. The number of nitrogens with two attached hydrogens (primary N) is 1. The van der Waals surface area contributed by atoms with Crippen LogP contribution in [0.4, 0.5) is 11.5 Å². The highest BCUT2D eigenvalue weighted by molar-refractivity contribution is 7.80. The lowest BCUT2D eigenvalue weighted by Gasteiger charge is -2.02. The number of hydrogen-bond donors (Lipinski definition) is 3. The van der Waals surface area contributed by atoms with E-state index in [2.05, 4.69) is 32.6 Å². The van der Waals surface area contributed by atoms with E-state index in [1.807, 2.05) is 0 Å². The van der Waals surface area contributed by atoms with Crippen LogP contribution >= 0.6 is 24.2 Å². The SMILES string of the molecule is Nc1nc(S)nc(O)c1/N=C/c1ccnc(Cl)c1. The fraction of sp³-hybridized carbons (Fsp3) is 0. The van der Waals surface area contributed by atoms with E-state index in [4.69, 9.17) is 17.3 Å². The average Bonchev–Trinajstić information content (AvgIpc) is 2.27. The molecular formula is C10H8ClN5OS. The molecule has 0 radical (unpaired) electrons. The van der Waals surface area contributed by atoms with Gasteiger partial charge < -0.3 is 10.8 Å². The number of rotatable bonds is 2. The molecule has 2 heterocycles. The molecule has 3 N–H and O–H groups in total. The Labute approximate surface area is 113 Å². The highest BCUT2D eigenvalue weighted by Crippen LogP contribution is 2.29. The minimum Gasteiger partial charge on any atom is -0.492 e. The summed E-state index contributed by atoms with van der Waals surface area (Å²) < 4.78 is 0. The molecule has 0 bridgehead atoms. The maximum Gasteiger partial charge on any atom is 0.243 e. The molecule has 2 rings (SSSR count). The molecule has 0 saturated carbocycles.